The second-order valence-corrected chi connectivity index (χ2v) is 3.61. The first-order chi connectivity index (χ1) is 7.61. The molecule has 1 aromatic carbocycles. The first-order valence-corrected chi connectivity index (χ1v) is 5.11. The van der Waals surface area contributed by atoms with Crippen LogP contribution in [-0.4, -0.2) is 24.1 Å². The number of aliphatic hydroxyl groups is 1. The quantitative estimate of drug-likeness (QED) is 0.826. The Morgan fingerprint density at radius 2 is 2.06 bits per heavy atom. The fraction of sp³-hybridized carbons (Fsp3) is 0.308. The molecule has 1 aromatic rings. The largest absolute Gasteiger partial charge is 0.497 e. The van der Waals surface area contributed by atoms with Gasteiger partial charge in [0.15, 0.2) is 0 Å². The Labute approximate surface area is 95.4 Å². The Morgan fingerprint density at radius 1 is 1.44 bits per heavy atom. The van der Waals surface area contributed by atoms with E-state index in [1.54, 1.807) is 19.3 Å². The first kappa shape index (κ1) is 12.5. The average Bonchev–Trinajstić information content (AvgIpc) is 2.26. The maximum absolute atomic E-state index is 10.7. The Morgan fingerprint density at radius 3 is 2.56 bits per heavy atom. The predicted octanol–water partition coefficient (Wildman–Crippen LogP) is 2.05. The second kappa shape index (κ2) is 6.08. The van der Waals surface area contributed by atoms with E-state index in [0.29, 0.717) is 0 Å². The minimum Gasteiger partial charge on any atom is -0.497 e. The van der Waals surface area contributed by atoms with Gasteiger partial charge >= 0.3 is 0 Å². The van der Waals surface area contributed by atoms with E-state index in [1.807, 2.05) is 24.3 Å². The van der Waals surface area contributed by atoms with E-state index in [9.17, 15) is 9.90 Å². The van der Waals surface area contributed by atoms with Crippen LogP contribution in [0.1, 0.15) is 18.9 Å². The van der Waals surface area contributed by atoms with Crippen molar-refractivity contribution in [1.29, 1.82) is 0 Å². The molecule has 0 radical (unpaired) electrons. The molecular weight excluding hydrogens is 204 g/mol. The van der Waals surface area contributed by atoms with Crippen molar-refractivity contribution in [2.75, 3.05) is 7.11 Å². The Balaban J connectivity index is 2.58. The smallest absolute Gasteiger partial charge is 0.132 e. The number of ether oxygens (including phenoxy) is 1. The topological polar surface area (TPSA) is 46.5 Å². The van der Waals surface area contributed by atoms with Crippen LogP contribution in [0.15, 0.2) is 30.3 Å². The molecule has 0 aliphatic heterocycles. The molecular formula is C13H16O3. The lowest BCUT2D eigenvalue weighted by molar-refractivity contribution is -0.118. The monoisotopic (exact) mass is 220 g/mol. The lowest BCUT2D eigenvalue weighted by atomic mass is 10.1. The fourth-order valence-electron chi connectivity index (χ4n) is 1.30. The van der Waals surface area contributed by atoms with Crippen molar-refractivity contribution < 1.29 is 14.6 Å². The van der Waals surface area contributed by atoms with Gasteiger partial charge in [0.2, 0.25) is 0 Å². The molecule has 3 nitrogen and oxygen atoms in total. The predicted molar refractivity (Wildman–Crippen MR) is 63.3 cm³/mol. The van der Waals surface area contributed by atoms with Crippen molar-refractivity contribution in [3.63, 3.8) is 0 Å². The molecule has 0 saturated heterocycles. The fourth-order valence-corrected chi connectivity index (χ4v) is 1.30. The summed E-state index contributed by atoms with van der Waals surface area (Å²) in [6.07, 6.45) is 2.85. The molecule has 0 aliphatic rings. The molecule has 1 N–H and O–H groups in total. The molecule has 3 heteroatoms. The normalized spacial score (nSPS) is 12.7. The highest BCUT2D eigenvalue weighted by Gasteiger charge is 2.02. The van der Waals surface area contributed by atoms with Crippen LogP contribution in [0.3, 0.4) is 0 Å². The molecule has 0 fully saturated rings. The number of hydrogen-bond acceptors (Lipinski definition) is 3. The SMILES string of the molecule is COc1ccc(/C=C/C(O)CC(C)=O)cc1. The molecule has 0 spiro atoms. The van der Waals surface area contributed by atoms with Crippen molar-refractivity contribution in [2.45, 2.75) is 19.4 Å². The van der Waals surface area contributed by atoms with Gasteiger partial charge in [0.1, 0.15) is 11.5 Å². The zero-order valence-corrected chi connectivity index (χ0v) is 9.51. The van der Waals surface area contributed by atoms with E-state index in [-0.39, 0.29) is 12.2 Å². The summed E-state index contributed by atoms with van der Waals surface area (Å²) in [6.45, 7) is 1.46. The van der Waals surface area contributed by atoms with Gasteiger partial charge in [-0.25, -0.2) is 0 Å². The van der Waals surface area contributed by atoms with Crippen LogP contribution in [0.5, 0.6) is 5.75 Å². The third-order valence-corrected chi connectivity index (χ3v) is 2.12. The third-order valence-electron chi connectivity index (χ3n) is 2.12. The summed E-state index contributed by atoms with van der Waals surface area (Å²) in [4.78, 5) is 10.7. The van der Waals surface area contributed by atoms with Crippen LogP contribution < -0.4 is 4.74 Å². The summed E-state index contributed by atoms with van der Waals surface area (Å²) in [6, 6.07) is 7.46. The number of aliphatic hydroxyl groups excluding tert-OH is 1. The molecule has 16 heavy (non-hydrogen) atoms. The Kier molecular flexibility index (Phi) is 4.73. The minimum atomic E-state index is -0.709. The van der Waals surface area contributed by atoms with E-state index in [0.717, 1.165) is 11.3 Å². The van der Waals surface area contributed by atoms with Crippen LogP contribution >= 0.6 is 0 Å². The van der Waals surface area contributed by atoms with Gasteiger partial charge in [-0.15, -0.1) is 0 Å². The van der Waals surface area contributed by atoms with Crippen molar-refractivity contribution in [1.82, 2.24) is 0 Å². The molecule has 1 rings (SSSR count). The van der Waals surface area contributed by atoms with E-state index >= 15 is 0 Å². The summed E-state index contributed by atoms with van der Waals surface area (Å²) in [7, 11) is 1.61. The van der Waals surface area contributed by atoms with Gasteiger partial charge in [-0.2, -0.15) is 0 Å². The van der Waals surface area contributed by atoms with Crippen LogP contribution in [-0.2, 0) is 4.79 Å². The van der Waals surface area contributed by atoms with Crippen molar-refractivity contribution in [3.05, 3.63) is 35.9 Å². The van der Waals surface area contributed by atoms with Gasteiger partial charge in [-0.05, 0) is 24.6 Å². The van der Waals surface area contributed by atoms with Crippen LogP contribution in [0.25, 0.3) is 6.08 Å². The lowest BCUT2D eigenvalue weighted by Crippen LogP contribution is -2.07. The highest BCUT2D eigenvalue weighted by molar-refractivity contribution is 5.76. The number of carbonyl (C=O) groups is 1. The summed E-state index contributed by atoms with van der Waals surface area (Å²) < 4.78 is 5.03. The van der Waals surface area contributed by atoms with Gasteiger partial charge in [-0.1, -0.05) is 24.3 Å². The number of rotatable bonds is 5. The second-order valence-electron chi connectivity index (χ2n) is 3.61. The third kappa shape index (κ3) is 4.28. The van der Waals surface area contributed by atoms with E-state index in [1.165, 1.54) is 6.92 Å². The van der Waals surface area contributed by atoms with E-state index in [2.05, 4.69) is 0 Å². The summed E-state index contributed by atoms with van der Waals surface area (Å²) in [5, 5.41) is 9.45. The number of ketones is 1. The van der Waals surface area contributed by atoms with Gasteiger partial charge in [0.05, 0.1) is 13.2 Å². The number of hydrogen-bond donors (Lipinski definition) is 1. The average molecular weight is 220 g/mol. The molecule has 0 heterocycles. The van der Waals surface area contributed by atoms with Crippen molar-refractivity contribution in [3.8, 4) is 5.75 Å². The number of benzene rings is 1. The van der Waals surface area contributed by atoms with E-state index in [4.69, 9.17) is 4.74 Å². The van der Waals surface area contributed by atoms with Crippen LogP contribution in [0, 0.1) is 0 Å². The number of Topliss-reactive ketones (excluding diaryl/α,β-unsaturated/α-hetero) is 1. The van der Waals surface area contributed by atoms with E-state index < -0.39 is 6.10 Å². The van der Waals surface area contributed by atoms with Gasteiger partial charge in [-0.3, -0.25) is 4.79 Å². The molecule has 86 valence electrons. The zero-order valence-electron chi connectivity index (χ0n) is 9.51. The van der Waals surface area contributed by atoms with Crippen molar-refractivity contribution >= 4 is 11.9 Å². The van der Waals surface area contributed by atoms with Gasteiger partial charge in [0, 0.05) is 6.42 Å². The first-order valence-electron chi connectivity index (χ1n) is 5.11. The Hall–Kier alpha value is -1.61. The van der Waals surface area contributed by atoms with Crippen LogP contribution in [0.2, 0.25) is 0 Å². The highest BCUT2D eigenvalue weighted by Crippen LogP contribution is 2.12. The molecule has 0 aromatic heterocycles. The number of carbonyl (C=O) groups excluding carboxylic acids is 1. The summed E-state index contributed by atoms with van der Waals surface area (Å²) in [5.74, 6) is 0.772. The van der Waals surface area contributed by atoms with Gasteiger partial charge in [0.25, 0.3) is 0 Å². The van der Waals surface area contributed by atoms with Gasteiger partial charge < -0.3 is 9.84 Å². The zero-order chi connectivity index (χ0) is 12.0. The summed E-state index contributed by atoms with van der Waals surface area (Å²) >= 11 is 0. The Bertz CT molecular complexity index is 365. The molecule has 1 unspecified atom stereocenters. The minimum absolute atomic E-state index is 0.0214. The molecule has 0 amide bonds. The molecule has 0 saturated carbocycles. The standard InChI is InChI=1S/C13H16O3/c1-10(14)9-12(15)6-3-11-4-7-13(16-2)8-5-11/h3-8,12,15H,9H2,1-2H3/b6-3+. The number of methoxy groups -OCH3 is 1. The molecule has 0 aliphatic carbocycles. The van der Waals surface area contributed by atoms with Crippen molar-refractivity contribution in [2.24, 2.45) is 0 Å². The maximum atomic E-state index is 10.7. The van der Waals surface area contributed by atoms with Crippen LogP contribution in [0.4, 0.5) is 0 Å². The maximum Gasteiger partial charge on any atom is 0.132 e. The molecule has 0 bridgehead atoms. The lowest BCUT2D eigenvalue weighted by Gasteiger charge is -2.02. The molecule has 1 atom stereocenters. The highest BCUT2D eigenvalue weighted by atomic mass is 16.5. The summed E-state index contributed by atoms with van der Waals surface area (Å²) in [5.41, 5.74) is 0.961.